The Morgan fingerprint density at radius 2 is 1.77 bits per heavy atom. The van der Waals surface area contributed by atoms with Crippen molar-refractivity contribution in [3.63, 3.8) is 0 Å². The number of nitrogens with one attached hydrogen (secondary N) is 1. The zero-order valence-corrected chi connectivity index (χ0v) is 18.3. The first-order chi connectivity index (χ1) is 14.7. The van der Waals surface area contributed by atoms with Gasteiger partial charge in [-0.25, -0.2) is 23.3 Å². The molecule has 2 aromatic carbocycles. The van der Waals surface area contributed by atoms with E-state index in [1.54, 1.807) is 4.57 Å². The monoisotopic (exact) mass is 460 g/mol. The van der Waals surface area contributed by atoms with E-state index in [2.05, 4.69) is 10.3 Å². The molecule has 0 aliphatic heterocycles. The smallest absolute Gasteiger partial charge is 0.357 e. The summed E-state index contributed by atoms with van der Waals surface area (Å²) < 4.78 is 29.6. The first-order valence-corrected chi connectivity index (χ1v) is 11.8. The van der Waals surface area contributed by atoms with E-state index in [9.17, 15) is 18.0 Å². The molecule has 0 spiro atoms. The summed E-state index contributed by atoms with van der Waals surface area (Å²) in [5.74, 6) is -1.28. The van der Waals surface area contributed by atoms with Crippen LogP contribution in [0.1, 0.15) is 17.4 Å². The van der Waals surface area contributed by atoms with Crippen LogP contribution in [0.2, 0.25) is 0 Å². The predicted octanol–water partition coefficient (Wildman–Crippen LogP) is 2.43. The minimum Gasteiger partial charge on any atom is -0.448 e. The Hall–Kier alpha value is -3.15. The summed E-state index contributed by atoms with van der Waals surface area (Å²) in [5, 5.41) is 8.21. The Morgan fingerprint density at radius 3 is 2.35 bits per heavy atom. The molecule has 9 nitrogen and oxygen atoms in total. The number of anilines is 1. The van der Waals surface area contributed by atoms with Crippen LogP contribution in [-0.2, 0) is 19.6 Å². The van der Waals surface area contributed by atoms with Crippen molar-refractivity contribution in [3.05, 3.63) is 66.5 Å². The van der Waals surface area contributed by atoms with Crippen molar-refractivity contribution in [1.82, 2.24) is 9.55 Å². The summed E-state index contributed by atoms with van der Waals surface area (Å²) in [4.78, 5) is 29.3. The molecule has 0 saturated carbocycles. The third-order valence-electron chi connectivity index (χ3n) is 4.24. The number of ether oxygens (including phenoxy) is 1. The van der Waals surface area contributed by atoms with Gasteiger partial charge in [0.1, 0.15) is 0 Å². The second kappa shape index (κ2) is 9.33. The van der Waals surface area contributed by atoms with Crippen molar-refractivity contribution in [2.75, 3.05) is 11.6 Å². The fraction of sp³-hybridized carbons (Fsp3) is 0.150. The number of amides is 1. The van der Waals surface area contributed by atoms with Crippen LogP contribution in [-0.4, -0.2) is 42.2 Å². The van der Waals surface area contributed by atoms with Gasteiger partial charge in [0.05, 0.1) is 11.1 Å². The minimum absolute atomic E-state index is 0.0799. The number of para-hydroxylation sites is 1. The molecule has 11 heteroatoms. The van der Waals surface area contributed by atoms with Crippen LogP contribution in [0.4, 0.5) is 5.69 Å². The molecule has 31 heavy (non-hydrogen) atoms. The third-order valence-corrected chi connectivity index (χ3v) is 5.82. The van der Waals surface area contributed by atoms with Gasteiger partial charge in [0, 0.05) is 11.4 Å². The van der Waals surface area contributed by atoms with Crippen LogP contribution in [0.25, 0.3) is 5.69 Å². The summed E-state index contributed by atoms with van der Waals surface area (Å²) in [5.41, 5.74) is 1.26. The fourth-order valence-electron chi connectivity index (χ4n) is 2.70. The van der Waals surface area contributed by atoms with Gasteiger partial charge >= 0.3 is 5.97 Å². The highest BCUT2D eigenvalue weighted by Crippen LogP contribution is 2.22. The topological polar surface area (TPSA) is 133 Å². The average Bonchev–Trinajstić information content (AvgIpc) is 3.18. The SMILES string of the molecule is CSc1ncc(C(=O)O[C@H](C)C(=O)Nc2ccc(S(N)(=O)=O)cc2)n1-c1ccccc1. The third kappa shape index (κ3) is 5.32. The first kappa shape index (κ1) is 22.5. The van der Waals surface area contributed by atoms with E-state index in [0.29, 0.717) is 10.8 Å². The van der Waals surface area contributed by atoms with E-state index in [0.717, 1.165) is 5.69 Å². The van der Waals surface area contributed by atoms with Gasteiger partial charge in [-0.05, 0) is 49.6 Å². The van der Waals surface area contributed by atoms with Crippen LogP contribution >= 0.6 is 11.8 Å². The number of imidazole rings is 1. The molecule has 0 radical (unpaired) electrons. The van der Waals surface area contributed by atoms with Gasteiger partial charge in [-0.15, -0.1) is 0 Å². The standard InChI is InChI=1S/C20H20N4O5S2/c1-13(18(25)23-14-8-10-16(11-9-14)31(21,27)28)29-19(26)17-12-22-20(30-2)24(17)15-6-4-3-5-7-15/h3-13H,1-2H3,(H,23,25)(H2,21,27,28)/t13-/m1/s1. The van der Waals surface area contributed by atoms with E-state index in [1.807, 2.05) is 36.6 Å². The number of aromatic nitrogens is 2. The molecule has 0 bridgehead atoms. The molecular formula is C20H20N4O5S2. The van der Waals surface area contributed by atoms with Gasteiger partial charge in [-0.1, -0.05) is 30.0 Å². The largest absolute Gasteiger partial charge is 0.448 e. The number of sulfonamides is 1. The summed E-state index contributed by atoms with van der Waals surface area (Å²) in [6.45, 7) is 1.44. The van der Waals surface area contributed by atoms with Gasteiger partial charge in [-0.2, -0.15) is 0 Å². The van der Waals surface area contributed by atoms with Crippen molar-refractivity contribution in [1.29, 1.82) is 0 Å². The summed E-state index contributed by atoms with van der Waals surface area (Å²) in [6, 6.07) is 14.5. The molecule has 1 amide bonds. The Kier molecular flexibility index (Phi) is 6.78. The lowest BCUT2D eigenvalue weighted by Gasteiger charge is -2.15. The summed E-state index contributed by atoms with van der Waals surface area (Å²) in [6.07, 6.45) is 2.13. The number of primary sulfonamides is 1. The lowest BCUT2D eigenvalue weighted by atomic mass is 10.3. The highest BCUT2D eigenvalue weighted by atomic mass is 32.2. The molecule has 3 aromatic rings. The molecule has 1 heterocycles. The highest BCUT2D eigenvalue weighted by Gasteiger charge is 2.24. The van der Waals surface area contributed by atoms with E-state index in [1.165, 1.54) is 49.1 Å². The van der Waals surface area contributed by atoms with Crippen molar-refractivity contribution >= 4 is 39.3 Å². The van der Waals surface area contributed by atoms with E-state index in [-0.39, 0.29) is 10.6 Å². The van der Waals surface area contributed by atoms with E-state index >= 15 is 0 Å². The lowest BCUT2D eigenvalue weighted by molar-refractivity contribution is -0.123. The molecule has 0 saturated heterocycles. The van der Waals surface area contributed by atoms with Gasteiger partial charge in [0.15, 0.2) is 17.0 Å². The molecule has 1 aromatic heterocycles. The molecule has 162 valence electrons. The number of hydrogen-bond donors (Lipinski definition) is 2. The zero-order chi connectivity index (χ0) is 22.6. The number of thioether (sulfide) groups is 1. The van der Waals surface area contributed by atoms with Crippen LogP contribution in [0.15, 0.2) is 70.8 Å². The second-order valence-corrected chi connectivity index (χ2v) is 8.74. The van der Waals surface area contributed by atoms with Crippen molar-refractivity contribution < 1.29 is 22.7 Å². The quantitative estimate of drug-likeness (QED) is 0.408. The average molecular weight is 461 g/mol. The Morgan fingerprint density at radius 1 is 1.13 bits per heavy atom. The Balaban J connectivity index is 1.72. The number of esters is 1. The molecule has 0 unspecified atom stereocenters. The Bertz CT molecular complexity index is 1190. The number of nitrogens with zero attached hydrogens (tertiary/aromatic N) is 2. The highest BCUT2D eigenvalue weighted by molar-refractivity contribution is 7.98. The normalized spacial score (nSPS) is 12.2. The summed E-state index contributed by atoms with van der Waals surface area (Å²) >= 11 is 1.37. The number of hydrogen-bond acceptors (Lipinski definition) is 7. The number of carbonyl (C=O) groups is 2. The predicted molar refractivity (Wildman–Crippen MR) is 117 cm³/mol. The minimum atomic E-state index is -3.83. The maximum atomic E-state index is 12.7. The molecule has 0 aliphatic rings. The van der Waals surface area contributed by atoms with Gasteiger partial charge in [-0.3, -0.25) is 9.36 Å². The van der Waals surface area contributed by atoms with Crippen molar-refractivity contribution in [2.24, 2.45) is 5.14 Å². The maximum absolute atomic E-state index is 12.7. The lowest BCUT2D eigenvalue weighted by Crippen LogP contribution is -2.30. The fourth-order valence-corrected chi connectivity index (χ4v) is 3.76. The molecular weight excluding hydrogens is 440 g/mol. The maximum Gasteiger partial charge on any atom is 0.357 e. The molecule has 3 rings (SSSR count). The number of benzene rings is 2. The second-order valence-electron chi connectivity index (χ2n) is 6.41. The Labute approximate surface area is 183 Å². The van der Waals surface area contributed by atoms with Gasteiger partial charge in [0.25, 0.3) is 5.91 Å². The van der Waals surface area contributed by atoms with Crippen molar-refractivity contribution in [2.45, 2.75) is 23.1 Å². The molecule has 3 N–H and O–H groups in total. The van der Waals surface area contributed by atoms with E-state index in [4.69, 9.17) is 9.88 Å². The van der Waals surface area contributed by atoms with Crippen molar-refractivity contribution in [3.8, 4) is 5.69 Å². The molecule has 1 atom stereocenters. The van der Waals surface area contributed by atoms with Gasteiger partial charge in [0.2, 0.25) is 10.0 Å². The van der Waals surface area contributed by atoms with Crippen LogP contribution in [0, 0.1) is 0 Å². The van der Waals surface area contributed by atoms with Gasteiger partial charge < -0.3 is 10.1 Å². The van der Waals surface area contributed by atoms with Crippen LogP contribution in [0.5, 0.6) is 0 Å². The zero-order valence-electron chi connectivity index (χ0n) is 16.7. The summed E-state index contributed by atoms with van der Waals surface area (Å²) in [7, 11) is -3.83. The van der Waals surface area contributed by atoms with Crippen LogP contribution in [0.3, 0.4) is 0 Å². The number of nitrogens with two attached hydrogens (primary N) is 1. The molecule has 0 aliphatic carbocycles. The number of rotatable bonds is 7. The van der Waals surface area contributed by atoms with E-state index < -0.39 is 28.0 Å². The van der Waals surface area contributed by atoms with Crippen LogP contribution < -0.4 is 10.5 Å². The number of carbonyl (C=O) groups excluding carboxylic acids is 2. The first-order valence-electron chi connectivity index (χ1n) is 9.02. The molecule has 0 fully saturated rings.